The summed E-state index contributed by atoms with van der Waals surface area (Å²) in [7, 11) is 0. The third kappa shape index (κ3) is 2.20. The SMILES string of the molecule is O=c1[nH]ncc(N2CCCC2)c1-c1ccc2c(c1)OCCO2. The van der Waals surface area contributed by atoms with Crippen molar-refractivity contribution in [3.63, 3.8) is 0 Å². The third-order valence-corrected chi connectivity index (χ3v) is 4.11. The van der Waals surface area contributed by atoms with Crippen LogP contribution in [-0.4, -0.2) is 36.5 Å². The molecular weight excluding hydrogens is 282 g/mol. The average Bonchev–Trinajstić information content (AvgIpc) is 3.08. The molecule has 0 radical (unpaired) electrons. The van der Waals surface area contributed by atoms with Crippen LogP contribution in [-0.2, 0) is 0 Å². The van der Waals surface area contributed by atoms with Crippen molar-refractivity contribution in [2.45, 2.75) is 12.8 Å². The van der Waals surface area contributed by atoms with Crippen LogP contribution in [0.1, 0.15) is 12.8 Å². The predicted molar refractivity (Wildman–Crippen MR) is 82.7 cm³/mol. The van der Waals surface area contributed by atoms with Gasteiger partial charge < -0.3 is 14.4 Å². The highest BCUT2D eigenvalue weighted by Gasteiger charge is 2.21. The van der Waals surface area contributed by atoms with Crippen LogP contribution in [0.2, 0.25) is 0 Å². The molecule has 3 heterocycles. The normalized spacial score (nSPS) is 16.8. The first-order valence-electron chi connectivity index (χ1n) is 7.55. The number of aromatic nitrogens is 2. The molecule has 1 fully saturated rings. The van der Waals surface area contributed by atoms with E-state index in [9.17, 15) is 4.79 Å². The van der Waals surface area contributed by atoms with Crippen LogP contribution in [0.3, 0.4) is 0 Å². The van der Waals surface area contributed by atoms with Gasteiger partial charge in [0.15, 0.2) is 11.5 Å². The van der Waals surface area contributed by atoms with Crippen LogP contribution < -0.4 is 19.9 Å². The zero-order valence-electron chi connectivity index (χ0n) is 12.2. The number of anilines is 1. The zero-order chi connectivity index (χ0) is 14.9. The highest BCUT2D eigenvalue weighted by Crippen LogP contribution is 2.36. The Morgan fingerprint density at radius 2 is 1.86 bits per heavy atom. The maximum Gasteiger partial charge on any atom is 0.274 e. The van der Waals surface area contributed by atoms with Gasteiger partial charge in [-0.1, -0.05) is 6.07 Å². The van der Waals surface area contributed by atoms with Gasteiger partial charge in [0, 0.05) is 13.1 Å². The molecule has 0 unspecified atom stereocenters. The van der Waals surface area contributed by atoms with E-state index in [0.717, 1.165) is 42.9 Å². The number of aromatic amines is 1. The van der Waals surface area contributed by atoms with Crippen molar-refractivity contribution in [2.75, 3.05) is 31.2 Å². The van der Waals surface area contributed by atoms with E-state index in [4.69, 9.17) is 9.47 Å². The van der Waals surface area contributed by atoms with Crippen molar-refractivity contribution in [2.24, 2.45) is 0 Å². The second kappa shape index (κ2) is 5.36. The van der Waals surface area contributed by atoms with Crippen molar-refractivity contribution >= 4 is 5.69 Å². The Balaban J connectivity index is 1.83. The van der Waals surface area contributed by atoms with Gasteiger partial charge in [-0.3, -0.25) is 4.79 Å². The monoisotopic (exact) mass is 299 g/mol. The number of hydrogen-bond acceptors (Lipinski definition) is 5. The molecule has 22 heavy (non-hydrogen) atoms. The second-order valence-corrected chi connectivity index (χ2v) is 5.51. The van der Waals surface area contributed by atoms with Gasteiger partial charge in [0.1, 0.15) is 13.2 Å². The van der Waals surface area contributed by atoms with E-state index in [-0.39, 0.29) is 5.56 Å². The fourth-order valence-corrected chi connectivity index (χ4v) is 3.06. The summed E-state index contributed by atoms with van der Waals surface area (Å²) in [6.07, 6.45) is 4.03. The molecule has 0 spiro atoms. The zero-order valence-corrected chi connectivity index (χ0v) is 12.2. The van der Waals surface area contributed by atoms with Crippen molar-refractivity contribution in [3.8, 4) is 22.6 Å². The minimum atomic E-state index is -0.180. The molecule has 2 aromatic rings. The smallest absolute Gasteiger partial charge is 0.274 e. The van der Waals surface area contributed by atoms with E-state index in [0.29, 0.717) is 24.5 Å². The van der Waals surface area contributed by atoms with Gasteiger partial charge in [-0.05, 0) is 30.5 Å². The highest BCUT2D eigenvalue weighted by atomic mass is 16.6. The molecule has 2 aliphatic heterocycles. The lowest BCUT2D eigenvalue weighted by molar-refractivity contribution is 0.171. The molecule has 1 aromatic heterocycles. The van der Waals surface area contributed by atoms with Gasteiger partial charge in [-0.15, -0.1) is 0 Å². The minimum Gasteiger partial charge on any atom is -0.486 e. The average molecular weight is 299 g/mol. The lowest BCUT2D eigenvalue weighted by atomic mass is 10.0. The summed E-state index contributed by atoms with van der Waals surface area (Å²) in [5, 5.41) is 6.51. The number of nitrogens with zero attached hydrogens (tertiary/aromatic N) is 2. The van der Waals surface area contributed by atoms with Crippen molar-refractivity contribution in [1.29, 1.82) is 0 Å². The van der Waals surface area contributed by atoms with Gasteiger partial charge >= 0.3 is 0 Å². The summed E-state index contributed by atoms with van der Waals surface area (Å²) in [4.78, 5) is 14.6. The van der Waals surface area contributed by atoms with Crippen LogP contribution in [0.4, 0.5) is 5.69 Å². The fourth-order valence-electron chi connectivity index (χ4n) is 3.06. The van der Waals surface area contributed by atoms with E-state index in [2.05, 4.69) is 15.1 Å². The Morgan fingerprint density at radius 3 is 2.68 bits per heavy atom. The molecule has 114 valence electrons. The molecule has 0 aliphatic carbocycles. The van der Waals surface area contributed by atoms with Crippen LogP contribution >= 0.6 is 0 Å². The Bertz CT molecular complexity index is 751. The molecule has 6 nitrogen and oxygen atoms in total. The van der Waals surface area contributed by atoms with Gasteiger partial charge in [-0.2, -0.15) is 5.10 Å². The lowest BCUT2D eigenvalue weighted by Gasteiger charge is -2.22. The molecule has 0 saturated carbocycles. The quantitative estimate of drug-likeness (QED) is 0.916. The van der Waals surface area contributed by atoms with E-state index >= 15 is 0 Å². The van der Waals surface area contributed by atoms with Crippen LogP contribution in [0, 0.1) is 0 Å². The number of H-pyrrole nitrogens is 1. The molecule has 2 aliphatic rings. The van der Waals surface area contributed by atoms with Crippen molar-refractivity contribution in [1.82, 2.24) is 10.2 Å². The van der Waals surface area contributed by atoms with Crippen molar-refractivity contribution < 1.29 is 9.47 Å². The summed E-state index contributed by atoms with van der Waals surface area (Å²) in [5.41, 5.74) is 2.18. The van der Waals surface area contributed by atoms with Gasteiger partial charge in [0.2, 0.25) is 0 Å². The number of ether oxygens (including phenoxy) is 2. The van der Waals surface area contributed by atoms with Crippen LogP contribution in [0.15, 0.2) is 29.2 Å². The molecule has 0 bridgehead atoms. The lowest BCUT2D eigenvalue weighted by Crippen LogP contribution is -2.23. The maximum atomic E-state index is 12.3. The summed E-state index contributed by atoms with van der Waals surface area (Å²) < 4.78 is 11.2. The molecule has 1 N–H and O–H groups in total. The molecule has 1 aromatic carbocycles. The highest BCUT2D eigenvalue weighted by molar-refractivity contribution is 5.78. The van der Waals surface area contributed by atoms with E-state index in [1.807, 2.05) is 18.2 Å². The van der Waals surface area contributed by atoms with E-state index in [1.165, 1.54) is 0 Å². The molecular formula is C16H17N3O3. The largest absolute Gasteiger partial charge is 0.486 e. The standard InChI is InChI=1S/C16H17N3O3/c20-16-15(12(10-17-18-16)19-5-1-2-6-19)11-3-4-13-14(9-11)22-8-7-21-13/h3-4,9-10H,1-2,5-8H2,(H,18,20). The summed E-state index contributed by atoms with van der Waals surface area (Å²) in [5.74, 6) is 1.41. The fraction of sp³-hybridized carbons (Fsp3) is 0.375. The Kier molecular flexibility index (Phi) is 3.21. The molecule has 1 saturated heterocycles. The number of fused-ring (bicyclic) bond motifs is 1. The Labute approximate surface area is 127 Å². The van der Waals surface area contributed by atoms with Gasteiger partial charge in [0.25, 0.3) is 5.56 Å². The summed E-state index contributed by atoms with van der Waals surface area (Å²) in [6, 6.07) is 5.63. The number of nitrogens with one attached hydrogen (secondary N) is 1. The van der Waals surface area contributed by atoms with Gasteiger partial charge in [0.05, 0.1) is 17.4 Å². The van der Waals surface area contributed by atoms with Gasteiger partial charge in [-0.25, -0.2) is 5.10 Å². The van der Waals surface area contributed by atoms with Crippen LogP contribution in [0.25, 0.3) is 11.1 Å². The molecule has 6 heteroatoms. The Hall–Kier alpha value is -2.50. The van der Waals surface area contributed by atoms with E-state index < -0.39 is 0 Å². The predicted octanol–water partition coefficient (Wildman–Crippen LogP) is 1.81. The Morgan fingerprint density at radius 1 is 1.09 bits per heavy atom. The second-order valence-electron chi connectivity index (χ2n) is 5.51. The first kappa shape index (κ1) is 13.2. The number of hydrogen-bond donors (Lipinski definition) is 1. The molecule has 4 rings (SSSR count). The third-order valence-electron chi connectivity index (χ3n) is 4.11. The summed E-state index contributed by atoms with van der Waals surface area (Å²) >= 11 is 0. The van der Waals surface area contributed by atoms with Crippen LogP contribution in [0.5, 0.6) is 11.5 Å². The molecule has 0 atom stereocenters. The minimum absolute atomic E-state index is 0.180. The first-order valence-corrected chi connectivity index (χ1v) is 7.55. The molecule has 0 amide bonds. The topological polar surface area (TPSA) is 67.5 Å². The number of benzene rings is 1. The maximum absolute atomic E-state index is 12.3. The first-order chi connectivity index (χ1) is 10.8. The summed E-state index contributed by atoms with van der Waals surface area (Å²) in [6.45, 7) is 3.01. The number of rotatable bonds is 2. The van der Waals surface area contributed by atoms with Crippen molar-refractivity contribution in [3.05, 3.63) is 34.7 Å². The van der Waals surface area contributed by atoms with E-state index in [1.54, 1.807) is 6.20 Å².